The molecule has 0 aliphatic heterocycles. The monoisotopic (exact) mass is 387 g/mol. The third-order valence-corrected chi connectivity index (χ3v) is 10.9. The van der Waals surface area contributed by atoms with Gasteiger partial charge in [-0.15, -0.1) is 0 Å². The van der Waals surface area contributed by atoms with Crippen LogP contribution in [0.5, 0.6) is 0 Å². The van der Waals surface area contributed by atoms with Gasteiger partial charge in [0, 0.05) is 0 Å². The van der Waals surface area contributed by atoms with Crippen molar-refractivity contribution in [3.63, 3.8) is 0 Å². The number of thiazole rings is 1. The predicted molar refractivity (Wildman–Crippen MR) is 88.8 cm³/mol. The van der Waals surface area contributed by atoms with Crippen molar-refractivity contribution in [2.75, 3.05) is 0 Å². The van der Waals surface area contributed by atoms with E-state index in [2.05, 4.69) is 32.0 Å². The van der Waals surface area contributed by atoms with Crippen molar-refractivity contribution in [3.05, 3.63) is 11.7 Å². The summed E-state index contributed by atoms with van der Waals surface area (Å²) in [4.78, 5) is 4.31. The summed E-state index contributed by atoms with van der Waals surface area (Å²) in [7, 11) is 0. The summed E-state index contributed by atoms with van der Waals surface area (Å²) in [5, 5.41) is 0. The molecule has 1 rings (SSSR count). The quantitative estimate of drug-likeness (QED) is 0.477. The summed E-state index contributed by atoms with van der Waals surface area (Å²) in [5.74, 6) is 0. The Hall–Kier alpha value is 0.429. The molecular weight excluding hydrogens is 357 g/mol. The Morgan fingerprint density at radius 1 is 1.00 bits per heavy atom. The van der Waals surface area contributed by atoms with Crippen LogP contribution in [0.15, 0.2) is 11.7 Å². The number of unbranched alkanes of at least 4 members (excludes halogenated alkanes) is 3. The second-order valence-electron chi connectivity index (χ2n) is 5.58. The molecule has 0 spiro atoms. The Bertz CT molecular complexity index is 289. The van der Waals surface area contributed by atoms with E-state index in [0.717, 1.165) is 3.43 Å². The second kappa shape index (κ2) is 10.2. The minimum absolute atomic E-state index is 0.487. The third kappa shape index (κ3) is 6.61. The Morgan fingerprint density at radius 2 is 1.53 bits per heavy atom. The molecule has 2 radical (unpaired) electrons. The molecule has 108 valence electrons. The summed E-state index contributed by atoms with van der Waals surface area (Å²) < 4.78 is 2.38. The Kier molecular flexibility index (Phi) is 9.38. The maximum absolute atomic E-state index is 4.31. The predicted octanol–water partition coefficient (Wildman–Crippen LogP) is 5.20. The van der Waals surface area contributed by atoms with E-state index in [-0.39, 0.29) is 0 Å². The summed E-state index contributed by atoms with van der Waals surface area (Å²) in [5.41, 5.74) is 2.03. The molecule has 19 heavy (non-hydrogen) atoms. The first-order chi connectivity index (χ1) is 9.26. The van der Waals surface area contributed by atoms with E-state index in [0.29, 0.717) is 0 Å². The first kappa shape index (κ1) is 17.5. The summed E-state index contributed by atoms with van der Waals surface area (Å²) >= 11 is 1.43. The van der Waals surface area contributed by atoms with Gasteiger partial charge >= 0.3 is 134 Å². The van der Waals surface area contributed by atoms with Gasteiger partial charge in [0.15, 0.2) is 0 Å². The number of aromatic nitrogens is 1. The SMILES string of the molecule is CCCC[C](CCCC)(CCCC)[Sn][c]1cncs1. The molecule has 1 aromatic heterocycles. The van der Waals surface area contributed by atoms with Crippen molar-refractivity contribution >= 4 is 35.4 Å². The van der Waals surface area contributed by atoms with Crippen LogP contribution in [-0.4, -0.2) is 26.1 Å². The molecule has 0 N–H and O–H groups in total. The number of rotatable bonds is 11. The molecule has 0 aliphatic rings. The van der Waals surface area contributed by atoms with E-state index in [1.54, 1.807) is 2.89 Å². The molecular formula is C16H29NSSn. The maximum atomic E-state index is 4.31. The average Bonchev–Trinajstić information content (AvgIpc) is 2.93. The number of hydrogen-bond acceptors (Lipinski definition) is 2. The van der Waals surface area contributed by atoms with Gasteiger partial charge < -0.3 is 0 Å². The number of nitrogens with zero attached hydrogens (tertiary/aromatic N) is 1. The topological polar surface area (TPSA) is 12.9 Å². The van der Waals surface area contributed by atoms with Crippen LogP contribution >= 0.6 is 11.3 Å². The van der Waals surface area contributed by atoms with Gasteiger partial charge in [0.05, 0.1) is 0 Å². The first-order valence-electron chi connectivity index (χ1n) is 7.93. The minimum atomic E-state index is -0.487. The zero-order chi connectivity index (χ0) is 14.0. The summed E-state index contributed by atoms with van der Waals surface area (Å²) in [6.07, 6.45) is 14.9. The molecule has 0 aromatic carbocycles. The molecule has 0 unspecified atom stereocenters. The van der Waals surface area contributed by atoms with Gasteiger partial charge in [0.2, 0.25) is 0 Å². The third-order valence-electron chi connectivity index (χ3n) is 3.85. The van der Waals surface area contributed by atoms with Gasteiger partial charge in [0.25, 0.3) is 0 Å². The fourth-order valence-corrected chi connectivity index (χ4v) is 9.94. The van der Waals surface area contributed by atoms with Crippen LogP contribution in [0.3, 0.4) is 0 Å². The normalized spacial score (nSPS) is 11.9. The van der Waals surface area contributed by atoms with Crippen molar-refractivity contribution in [1.82, 2.24) is 4.98 Å². The molecule has 0 aliphatic carbocycles. The van der Waals surface area contributed by atoms with Gasteiger partial charge in [-0.3, -0.25) is 0 Å². The van der Waals surface area contributed by atoms with Crippen LogP contribution in [0.2, 0.25) is 3.43 Å². The molecule has 0 saturated heterocycles. The van der Waals surface area contributed by atoms with Gasteiger partial charge in [-0.1, -0.05) is 0 Å². The standard InChI is InChI=1S/C13H27.C3H2NS.Sn/c1-4-7-10-13(11-8-5-2)12-9-6-3;1-2-5-3-4-1;/h4-12H2,1-3H3;1,3H;. The Balaban J connectivity index is 2.74. The van der Waals surface area contributed by atoms with E-state index in [1.165, 1.54) is 57.8 Å². The van der Waals surface area contributed by atoms with E-state index in [4.69, 9.17) is 0 Å². The fraction of sp³-hybridized carbons (Fsp3) is 0.812. The van der Waals surface area contributed by atoms with Crippen molar-refractivity contribution < 1.29 is 0 Å². The molecule has 0 saturated carbocycles. The van der Waals surface area contributed by atoms with Crippen LogP contribution < -0.4 is 2.89 Å². The molecule has 1 nitrogen and oxygen atoms in total. The van der Waals surface area contributed by atoms with E-state index >= 15 is 0 Å². The van der Waals surface area contributed by atoms with E-state index in [9.17, 15) is 0 Å². The van der Waals surface area contributed by atoms with E-state index in [1.807, 2.05) is 16.8 Å². The van der Waals surface area contributed by atoms with Gasteiger partial charge in [0.1, 0.15) is 0 Å². The fourth-order valence-electron chi connectivity index (χ4n) is 2.65. The molecule has 3 heteroatoms. The van der Waals surface area contributed by atoms with Crippen molar-refractivity contribution in [2.45, 2.75) is 82.0 Å². The average molecular weight is 386 g/mol. The van der Waals surface area contributed by atoms with Crippen molar-refractivity contribution in [3.8, 4) is 0 Å². The van der Waals surface area contributed by atoms with Crippen molar-refractivity contribution in [2.24, 2.45) is 0 Å². The van der Waals surface area contributed by atoms with Crippen LogP contribution in [0, 0.1) is 0 Å². The van der Waals surface area contributed by atoms with Crippen LogP contribution in [0.1, 0.15) is 78.6 Å². The molecule has 1 heterocycles. The van der Waals surface area contributed by atoms with Crippen molar-refractivity contribution in [1.29, 1.82) is 0 Å². The zero-order valence-electron chi connectivity index (χ0n) is 12.9. The van der Waals surface area contributed by atoms with E-state index < -0.39 is 21.1 Å². The van der Waals surface area contributed by atoms with Crippen LogP contribution in [-0.2, 0) is 0 Å². The van der Waals surface area contributed by atoms with Gasteiger partial charge in [-0.2, -0.15) is 0 Å². The Morgan fingerprint density at radius 3 is 1.89 bits per heavy atom. The molecule has 0 atom stereocenters. The van der Waals surface area contributed by atoms with Gasteiger partial charge in [-0.05, 0) is 0 Å². The Labute approximate surface area is 133 Å². The number of hydrogen-bond donors (Lipinski definition) is 0. The molecule has 0 bridgehead atoms. The molecule has 1 aromatic rings. The molecule has 0 amide bonds. The summed E-state index contributed by atoms with van der Waals surface area (Å²) in [6.45, 7) is 7.01. The zero-order valence-corrected chi connectivity index (χ0v) is 16.5. The molecule has 0 fully saturated rings. The van der Waals surface area contributed by atoms with Gasteiger partial charge in [-0.25, -0.2) is 0 Å². The van der Waals surface area contributed by atoms with Crippen LogP contribution in [0.4, 0.5) is 0 Å². The van der Waals surface area contributed by atoms with Crippen LogP contribution in [0.25, 0.3) is 0 Å². The second-order valence-corrected chi connectivity index (χ2v) is 12.8. The first-order valence-corrected chi connectivity index (χ1v) is 11.7. The summed E-state index contributed by atoms with van der Waals surface area (Å²) in [6, 6.07) is 0.